The van der Waals surface area contributed by atoms with Gasteiger partial charge in [-0.05, 0) is 19.1 Å². The molecule has 0 saturated heterocycles. The summed E-state index contributed by atoms with van der Waals surface area (Å²) < 4.78 is 17.8. The second kappa shape index (κ2) is 4.58. The van der Waals surface area contributed by atoms with Gasteiger partial charge in [0.1, 0.15) is 11.5 Å². The number of nitrogens with zero attached hydrogens (tertiary/aromatic N) is 3. The standard InChI is InChI=1S/C11H13FN4O/c1-6(7(2)13)11-15-10(16-17-11)9-4-3-8(12)5-14-9/h3-7H,13H2,1-2H3. The van der Waals surface area contributed by atoms with Crippen LogP contribution < -0.4 is 5.73 Å². The lowest BCUT2D eigenvalue weighted by Gasteiger charge is -2.09. The summed E-state index contributed by atoms with van der Waals surface area (Å²) in [5.74, 6) is 0.367. The van der Waals surface area contributed by atoms with Gasteiger partial charge in [0.05, 0.1) is 12.1 Å². The summed E-state index contributed by atoms with van der Waals surface area (Å²) in [4.78, 5) is 8.06. The number of halogens is 1. The monoisotopic (exact) mass is 236 g/mol. The minimum Gasteiger partial charge on any atom is -0.339 e. The van der Waals surface area contributed by atoms with Crippen LogP contribution in [-0.2, 0) is 0 Å². The molecular formula is C11H13FN4O. The van der Waals surface area contributed by atoms with E-state index in [0.29, 0.717) is 17.4 Å². The number of hydrogen-bond acceptors (Lipinski definition) is 5. The lowest BCUT2D eigenvalue weighted by molar-refractivity contribution is 0.346. The van der Waals surface area contributed by atoms with Gasteiger partial charge in [0.15, 0.2) is 0 Å². The highest BCUT2D eigenvalue weighted by Crippen LogP contribution is 2.19. The second-order valence-corrected chi connectivity index (χ2v) is 3.97. The molecular weight excluding hydrogens is 223 g/mol. The Morgan fingerprint density at radius 1 is 1.35 bits per heavy atom. The summed E-state index contributed by atoms with van der Waals surface area (Å²) >= 11 is 0. The molecule has 2 unspecified atom stereocenters. The van der Waals surface area contributed by atoms with Crippen molar-refractivity contribution >= 4 is 0 Å². The van der Waals surface area contributed by atoms with Crippen molar-refractivity contribution in [2.75, 3.05) is 0 Å². The van der Waals surface area contributed by atoms with Crippen LogP contribution in [0.3, 0.4) is 0 Å². The fourth-order valence-electron chi connectivity index (χ4n) is 1.26. The van der Waals surface area contributed by atoms with Crippen LogP contribution in [0.5, 0.6) is 0 Å². The van der Waals surface area contributed by atoms with Gasteiger partial charge in [-0.25, -0.2) is 9.37 Å². The van der Waals surface area contributed by atoms with Crippen LogP contribution in [0.15, 0.2) is 22.9 Å². The van der Waals surface area contributed by atoms with Crippen molar-refractivity contribution in [3.63, 3.8) is 0 Å². The maximum Gasteiger partial charge on any atom is 0.231 e. The minimum absolute atomic E-state index is 0.0308. The third-order valence-electron chi connectivity index (χ3n) is 2.58. The molecule has 0 aromatic carbocycles. The van der Waals surface area contributed by atoms with Crippen LogP contribution in [-0.4, -0.2) is 21.2 Å². The molecule has 0 aliphatic carbocycles. The molecule has 17 heavy (non-hydrogen) atoms. The van der Waals surface area contributed by atoms with Gasteiger partial charge < -0.3 is 10.3 Å². The summed E-state index contributed by atoms with van der Waals surface area (Å²) in [6.07, 6.45) is 1.11. The lowest BCUT2D eigenvalue weighted by Crippen LogP contribution is -2.22. The molecule has 0 spiro atoms. The van der Waals surface area contributed by atoms with Gasteiger partial charge in [0.2, 0.25) is 11.7 Å². The maximum absolute atomic E-state index is 12.7. The Kier molecular flexibility index (Phi) is 3.14. The van der Waals surface area contributed by atoms with Crippen molar-refractivity contribution in [3.05, 3.63) is 30.0 Å². The van der Waals surface area contributed by atoms with Gasteiger partial charge >= 0.3 is 0 Å². The molecule has 2 aromatic heterocycles. The molecule has 90 valence electrons. The third kappa shape index (κ3) is 2.47. The van der Waals surface area contributed by atoms with Crippen molar-refractivity contribution in [2.24, 2.45) is 5.73 Å². The summed E-state index contributed by atoms with van der Waals surface area (Å²) in [5.41, 5.74) is 6.21. The van der Waals surface area contributed by atoms with Crippen molar-refractivity contribution < 1.29 is 8.91 Å². The average molecular weight is 236 g/mol. The Morgan fingerprint density at radius 3 is 2.71 bits per heavy atom. The smallest absolute Gasteiger partial charge is 0.231 e. The van der Waals surface area contributed by atoms with E-state index in [0.717, 1.165) is 6.20 Å². The molecule has 0 fully saturated rings. The summed E-state index contributed by atoms with van der Waals surface area (Å²) in [6.45, 7) is 3.77. The first-order valence-corrected chi connectivity index (χ1v) is 5.29. The number of nitrogens with two attached hydrogens (primary N) is 1. The van der Waals surface area contributed by atoms with E-state index in [1.165, 1.54) is 12.1 Å². The van der Waals surface area contributed by atoms with Crippen LogP contribution in [0.4, 0.5) is 4.39 Å². The maximum atomic E-state index is 12.7. The Hall–Kier alpha value is -1.82. The Bertz CT molecular complexity index is 494. The molecule has 0 radical (unpaired) electrons. The molecule has 0 bridgehead atoms. The molecule has 2 heterocycles. The van der Waals surface area contributed by atoms with Crippen LogP contribution in [0.25, 0.3) is 11.5 Å². The van der Waals surface area contributed by atoms with E-state index >= 15 is 0 Å². The normalized spacial score (nSPS) is 14.6. The zero-order valence-electron chi connectivity index (χ0n) is 9.59. The molecule has 0 saturated carbocycles. The lowest BCUT2D eigenvalue weighted by atomic mass is 10.1. The number of aromatic nitrogens is 3. The summed E-state index contributed by atoms with van der Waals surface area (Å²) in [7, 11) is 0. The van der Waals surface area contributed by atoms with Gasteiger partial charge in [-0.1, -0.05) is 12.1 Å². The zero-order valence-corrected chi connectivity index (χ0v) is 9.59. The summed E-state index contributed by atoms with van der Waals surface area (Å²) in [5, 5.41) is 3.79. The van der Waals surface area contributed by atoms with Gasteiger partial charge in [-0.3, -0.25) is 0 Å². The molecule has 0 aliphatic heterocycles. The number of pyridine rings is 1. The molecule has 2 N–H and O–H groups in total. The van der Waals surface area contributed by atoms with E-state index < -0.39 is 5.82 Å². The van der Waals surface area contributed by atoms with E-state index in [9.17, 15) is 4.39 Å². The minimum atomic E-state index is -0.401. The Balaban J connectivity index is 2.26. The predicted octanol–water partition coefficient (Wildman–Crippen LogP) is 1.72. The highest BCUT2D eigenvalue weighted by Gasteiger charge is 2.18. The van der Waals surface area contributed by atoms with Gasteiger partial charge in [0.25, 0.3) is 0 Å². The van der Waals surface area contributed by atoms with Crippen molar-refractivity contribution in [1.29, 1.82) is 0 Å². The zero-order chi connectivity index (χ0) is 12.4. The van der Waals surface area contributed by atoms with Gasteiger partial charge in [-0.15, -0.1) is 0 Å². The Labute approximate surface area is 97.9 Å². The SMILES string of the molecule is CC(N)C(C)c1nc(-c2ccc(F)cn2)no1. The van der Waals surface area contributed by atoms with Crippen LogP contribution in [0.2, 0.25) is 0 Å². The van der Waals surface area contributed by atoms with Gasteiger partial charge in [0, 0.05) is 6.04 Å². The van der Waals surface area contributed by atoms with E-state index in [-0.39, 0.29) is 12.0 Å². The fraction of sp³-hybridized carbons (Fsp3) is 0.364. The van der Waals surface area contributed by atoms with E-state index in [1.807, 2.05) is 13.8 Å². The van der Waals surface area contributed by atoms with Crippen molar-refractivity contribution in [1.82, 2.24) is 15.1 Å². The highest BCUT2D eigenvalue weighted by atomic mass is 19.1. The molecule has 2 atom stereocenters. The second-order valence-electron chi connectivity index (χ2n) is 3.97. The van der Waals surface area contributed by atoms with Crippen LogP contribution in [0.1, 0.15) is 25.7 Å². The molecule has 2 aromatic rings. The molecule has 0 aliphatic rings. The number of rotatable bonds is 3. The first-order chi connectivity index (χ1) is 8.08. The van der Waals surface area contributed by atoms with Crippen LogP contribution in [0, 0.1) is 5.82 Å². The van der Waals surface area contributed by atoms with E-state index in [1.54, 1.807) is 0 Å². The molecule has 0 amide bonds. The quantitative estimate of drug-likeness (QED) is 0.877. The largest absolute Gasteiger partial charge is 0.339 e. The first kappa shape index (κ1) is 11.7. The average Bonchev–Trinajstić information content (AvgIpc) is 2.78. The fourth-order valence-corrected chi connectivity index (χ4v) is 1.26. The van der Waals surface area contributed by atoms with Crippen molar-refractivity contribution in [3.8, 4) is 11.5 Å². The van der Waals surface area contributed by atoms with E-state index in [4.69, 9.17) is 10.3 Å². The summed E-state index contributed by atoms with van der Waals surface area (Å²) in [6, 6.07) is 2.72. The van der Waals surface area contributed by atoms with Crippen LogP contribution >= 0.6 is 0 Å². The first-order valence-electron chi connectivity index (χ1n) is 5.29. The topological polar surface area (TPSA) is 77.8 Å². The number of hydrogen-bond donors (Lipinski definition) is 1. The predicted molar refractivity (Wildman–Crippen MR) is 59.6 cm³/mol. The third-order valence-corrected chi connectivity index (χ3v) is 2.58. The van der Waals surface area contributed by atoms with Crippen molar-refractivity contribution in [2.45, 2.75) is 25.8 Å². The van der Waals surface area contributed by atoms with E-state index in [2.05, 4.69) is 15.1 Å². The van der Waals surface area contributed by atoms with Gasteiger partial charge in [-0.2, -0.15) is 4.98 Å². The highest BCUT2D eigenvalue weighted by molar-refractivity contribution is 5.47. The molecule has 5 nitrogen and oxygen atoms in total. The Morgan fingerprint density at radius 2 is 2.12 bits per heavy atom. The molecule has 2 rings (SSSR count). The molecule has 6 heteroatoms.